The van der Waals surface area contributed by atoms with Gasteiger partial charge >= 0.3 is 0 Å². The van der Waals surface area contributed by atoms with Crippen molar-refractivity contribution in [1.29, 1.82) is 5.26 Å². The number of aryl methyl sites for hydroxylation is 3. The van der Waals surface area contributed by atoms with E-state index in [2.05, 4.69) is 11.9 Å². The minimum Gasteiger partial charge on any atom is -0.454 e. The Balaban J connectivity index is 2.13. The van der Waals surface area contributed by atoms with Crippen LogP contribution in [0.3, 0.4) is 0 Å². The minimum absolute atomic E-state index is 0.0482. The summed E-state index contributed by atoms with van der Waals surface area (Å²) >= 11 is 0. The fourth-order valence-corrected chi connectivity index (χ4v) is 3.17. The number of aromatic nitrogens is 1. The predicted molar refractivity (Wildman–Crippen MR) is 121 cm³/mol. The highest BCUT2D eigenvalue weighted by Crippen LogP contribution is 2.36. The molecule has 1 heterocycles. The van der Waals surface area contributed by atoms with Gasteiger partial charge in [0.1, 0.15) is 17.4 Å². The third-order valence-electron chi connectivity index (χ3n) is 4.90. The smallest absolute Gasteiger partial charge is 0.265 e. The number of nitrogens with zero attached hydrogens (tertiary/aromatic N) is 2. The van der Waals surface area contributed by atoms with Crippen LogP contribution in [0.15, 0.2) is 65.6 Å². The normalized spacial score (nSPS) is 10.3. The van der Waals surface area contributed by atoms with Crippen LogP contribution in [-0.2, 0) is 18.3 Å². The van der Waals surface area contributed by atoms with Crippen LogP contribution in [0.1, 0.15) is 18.1 Å². The van der Waals surface area contributed by atoms with E-state index in [9.17, 15) is 14.0 Å². The summed E-state index contributed by atoms with van der Waals surface area (Å²) in [6.07, 6.45) is 2.18. The Hall–Kier alpha value is -4.18. The average Bonchev–Trinajstić information content (AvgIpc) is 2.77. The Morgan fingerprint density at radius 1 is 1.22 bits per heavy atom. The van der Waals surface area contributed by atoms with E-state index in [1.165, 1.54) is 10.6 Å². The average molecular weight is 431 g/mol. The molecule has 0 aliphatic heterocycles. The lowest BCUT2D eigenvalue weighted by Crippen LogP contribution is -2.20. The van der Waals surface area contributed by atoms with E-state index in [0.717, 1.165) is 5.56 Å². The Kier molecular flexibility index (Phi) is 6.55. The highest BCUT2D eigenvalue weighted by Gasteiger charge is 2.15. The monoisotopic (exact) mass is 431 g/mol. The number of hydrogen-bond acceptors (Lipinski definition) is 4. The van der Waals surface area contributed by atoms with Gasteiger partial charge in [-0.3, -0.25) is 9.59 Å². The first-order valence-corrected chi connectivity index (χ1v) is 9.91. The second-order valence-corrected chi connectivity index (χ2v) is 7.31. The molecule has 6 nitrogen and oxygen atoms in total. The molecule has 7 heteroatoms. The summed E-state index contributed by atoms with van der Waals surface area (Å²) < 4.78 is 21.8. The second-order valence-electron chi connectivity index (χ2n) is 7.31. The number of benzene rings is 2. The first-order chi connectivity index (χ1) is 15.2. The minimum atomic E-state index is -0.633. The molecule has 1 amide bonds. The van der Waals surface area contributed by atoms with Gasteiger partial charge in [-0.15, -0.1) is 0 Å². The van der Waals surface area contributed by atoms with E-state index in [1.807, 2.05) is 6.92 Å². The van der Waals surface area contributed by atoms with E-state index in [-0.39, 0.29) is 16.9 Å². The summed E-state index contributed by atoms with van der Waals surface area (Å²) in [6, 6.07) is 12.9. The zero-order valence-electron chi connectivity index (χ0n) is 18.0. The van der Waals surface area contributed by atoms with Crippen molar-refractivity contribution >= 4 is 11.6 Å². The molecule has 0 aliphatic rings. The molecule has 0 aliphatic carbocycles. The molecular weight excluding hydrogens is 409 g/mol. The fourth-order valence-electron chi connectivity index (χ4n) is 3.17. The summed E-state index contributed by atoms with van der Waals surface area (Å²) in [4.78, 5) is 24.4. The molecule has 0 spiro atoms. The number of carbonyl (C=O) groups is 1. The van der Waals surface area contributed by atoms with Crippen LogP contribution >= 0.6 is 0 Å². The van der Waals surface area contributed by atoms with Crippen molar-refractivity contribution < 1.29 is 13.9 Å². The van der Waals surface area contributed by atoms with Gasteiger partial charge in [-0.05, 0) is 55.3 Å². The number of rotatable bonds is 6. The number of amides is 1. The molecule has 0 atom stereocenters. The van der Waals surface area contributed by atoms with Crippen molar-refractivity contribution in [1.82, 2.24) is 4.57 Å². The molecular formula is C25H22FN3O3. The van der Waals surface area contributed by atoms with Crippen LogP contribution in [-0.4, -0.2) is 10.5 Å². The van der Waals surface area contributed by atoms with Crippen LogP contribution in [0, 0.1) is 24.1 Å². The van der Waals surface area contributed by atoms with Crippen molar-refractivity contribution in [3.8, 4) is 28.7 Å². The highest BCUT2D eigenvalue weighted by atomic mass is 19.1. The standard InChI is InChI=1S/C25H22FN3O3/c1-5-17-11-18(14-29(4)25(17)31)20-12-19(28-24(30)16(3)13-27)7-9-22(20)32-23-8-6-15(2)10-21(23)26/h6-12,14H,3,5H2,1-2,4H3,(H,28,30). The Morgan fingerprint density at radius 2 is 1.94 bits per heavy atom. The van der Waals surface area contributed by atoms with Gasteiger partial charge in [-0.2, -0.15) is 5.26 Å². The molecule has 0 fully saturated rings. The highest BCUT2D eigenvalue weighted by molar-refractivity contribution is 6.06. The number of carbonyl (C=O) groups excluding carboxylic acids is 1. The van der Waals surface area contributed by atoms with Gasteiger partial charge in [0.25, 0.3) is 11.5 Å². The van der Waals surface area contributed by atoms with Crippen LogP contribution in [0.5, 0.6) is 11.5 Å². The molecule has 0 radical (unpaired) electrons. The number of nitriles is 1. The lowest BCUT2D eigenvalue weighted by atomic mass is 10.0. The largest absolute Gasteiger partial charge is 0.454 e. The third kappa shape index (κ3) is 4.76. The topological polar surface area (TPSA) is 84.1 Å². The predicted octanol–water partition coefficient (Wildman–Crippen LogP) is 4.87. The molecule has 1 aromatic heterocycles. The Bertz CT molecular complexity index is 1320. The lowest BCUT2D eigenvalue weighted by Gasteiger charge is -2.16. The lowest BCUT2D eigenvalue weighted by molar-refractivity contribution is -0.112. The van der Waals surface area contributed by atoms with Crippen LogP contribution in [0.4, 0.5) is 10.1 Å². The third-order valence-corrected chi connectivity index (χ3v) is 4.90. The van der Waals surface area contributed by atoms with Gasteiger partial charge in [0.05, 0.1) is 0 Å². The maximum absolute atomic E-state index is 14.4. The summed E-state index contributed by atoms with van der Waals surface area (Å²) in [5.74, 6) is -0.752. The van der Waals surface area contributed by atoms with E-state index < -0.39 is 11.7 Å². The number of ether oxygens (including phenoxy) is 1. The molecule has 1 N–H and O–H groups in total. The van der Waals surface area contributed by atoms with E-state index >= 15 is 0 Å². The first-order valence-electron chi connectivity index (χ1n) is 9.91. The van der Waals surface area contributed by atoms with Crippen molar-refractivity contribution in [3.05, 3.63) is 88.1 Å². The van der Waals surface area contributed by atoms with Crippen LogP contribution in [0.25, 0.3) is 11.1 Å². The Labute approximate surface area is 185 Å². The van der Waals surface area contributed by atoms with Crippen molar-refractivity contribution in [3.63, 3.8) is 0 Å². The maximum atomic E-state index is 14.4. The zero-order chi connectivity index (χ0) is 23.4. The van der Waals surface area contributed by atoms with E-state index in [4.69, 9.17) is 10.00 Å². The molecule has 0 saturated heterocycles. The first kappa shape index (κ1) is 22.5. The van der Waals surface area contributed by atoms with Crippen molar-refractivity contribution in [2.45, 2.75) is 20.3 Å². The molecule has 0 saturated carbocycles. The fraction of sp³-hybridized carbons (Fsp3) is 0.160. The summed E-state index contributed by atoms with van der Waals surface area (Å²) in [5.41, 5.74) is 2.60. The number of pyridine rings is 1. The Morgan fingerprint density at radius 3 is 2.59 bits per heavy atom. The van der Waals surface area contributed by atoms with Crippen molar-refractivity contribution in [2.24, 2.45) is 7.05 Å². The number of anilines is 1. The SMILES string of the molecule is C=C(C#N)C(=O)Nc1ccc(Oc2ccc(C)cc2F)c(-c2cc(CC)c(=O)n(C)c2)c1. The number of hydrogen-bond donors (Lipinski definition) is 1. The maximum Gasteiger partial charge on any atom is 0.265 e. The van der Waals surface area contributed by atoms with Crippen molar-refractivity contribution in [2.75, 3.05) is 5.32 Å². The number of nitrogens with one attached hydrogen (secondary N) is 1. The van der Waals surface area contributed by atoms with Crippen LogP contribution < -0.4 is 15.6 Å². The molecule has 32 heavy (non-hydrogen) atoms. The van der Waals surface area contributed by atoms with E-state index in [0.29, 0.717) is 34.5 Å². The quantitative estimate of drug-likeness (QED) is 0.446. The molecule has 162 valence electrons. The molecule has 2 aromatic carbocycles. The molecule has 3 rings (SSSR count). The van der Waals surface area contributed by atoms with Gasteiger partial charge < -0.3 is 14.6 Å². The number of halogens is 1. The van der Waals surface area contributed by atoms with Gasteiger partial charge in [-0.1, -0.05) is 19.6 Å². The van der Waals surface area contributed by atoms with Gasteiger partial charge in [0.15, 0.2) is 11.6 Å². The zero-order valence-corrected chi connectivity index (χ0v) is 18.0. The molecule has 3 aromatic rings. The van der Waals surface area contributed by atoms with Gasteiger partial charge in [-0.25, -0.2) is 4.39 Å². The van der Waals surface area contributed by atoms with Gasteiger partial charge in [0, 0.05) is 35.6 Å². The molecule has 0 unspecified atom stereocenters. The van der Waals surface area contributed by atoms with Gasteiger partial charge in [0.2, 0.25) is 0 Å². The van der Waals surface area contributed by atoms with E-state index in [1.54, 1.807) is 62.6 Å². The van der Waals surface area contributed by atoms with Crippen LogP contribution in [0.2, 0.25) is 0 Å². The second kappa shape index (κ2) is 9.31. The molecule has 0 bridgehead atoms. The summed E-state index contributed by atoms with van der Waals surface area (Å²) in [7, 11) is 1.65. The summed E-state index contributed by atoms with van der Waals surface area (Å²) in [5, 5.41) is 11.5. The summed E-state index contributed by atoms with van der Waals surface area (Å²) in [6.45, 7) is 7.06.